The maximum atomic E-state index is 12.9. The lowest BCUT2D eigenvalue weighted by atomic mass is 10.2. The Bertz CT molecular complexity index is 1020. The van der Waals surface area contributed by atoms with Gasteiger partial charge in [0.25, 0.3) is 11.1 Å². The third kappa shape index (κ3) is 4.84. The fraction of sp³-hybridized carbons (Fsp3) is 0.316. The van der Waals surface area contributed by atoms with Gasteiger partial charge in [0.1, 0.15) is 12.4 Å². The number of carbonyl (C=O) groups is 1. The number of hydrogen-bond acceptors (Lipinski definition) is 9. The average molecular weight is 447 g/mol. The molecule has 1 aliphatic heterocycles. The van der Waals surface area contributed by atoms with E-state index in [1.165, 1.54) is 0 Å². The summed E-state index contributed by atoms with van der Waals surface area (Å²) in [6.45, 7) is 4.13. The van der Waals surface area contributed by atoms with E-state index >= 15 is 0 Å². The van der Waals surface area contributed by atoms with Crippen molar-refractivity contribution in [3.8, 4) is 5.19 Å². The topological polar surface area (TPSA) is 102 Å². The molecule has 1 aliphatic rings. The first-order chi connectivity index (χ1) is 14.6. The Balaban J connectivity index is 1.42. The average Bonchev–Trinajstić information content (AvgIpc) is 3.21. The van der Waals surface area contributed by atoms with E-state index in [0.717, 1.165) is 11.3 Å². The third-order valence-electron chi connectivity index (χ3n) is 4.43. The highest BCUT2D eigenvalue weighted by molar-refractivity contribution is 7.17. The highest BCUT2D eigenvalue weighted by atomic mass is 35.5. The maximum absolute atomic E-state index is 12.9. The summed E-state index contributed by atoms with van der Waals surface area (Å²) in [7, 11) is 0. The molecule has 0 spiro atoms. The predicted octanol–water partition coefficient (Wildman–Crippen LogP) is 3.04. The first-order valence-electron chi connectivity index (χ1n) is 9.27. The quantitative estimate of drug-likeness (QED) is 0.616. The summed E-state index contributed by atoms with van der Waals surface area (Å²) in [6.07, 6.45) is 3.22. The minimum Gasteiger partial charge on any atom is -0.462 e. The number of rotatable bonds is 6. The van der Waals surface area contributed by atoms with Gasteiger partial charge in [0, 0.05) is 18.9 Å². The van der Waals surface area contributed by atoms with E-state index < -0.39 is 0 Å². The lowest BCUT2D eigenvalue weighted by Crippen LogP contribution is -2.45. The summed E-state index contributed by atoms with van der Waals surface area (Å²) in [4.78, 5) is 23.5. The Hall–Kier alpha value is -2.82. The van der Waals surface area contributed by atoms with Crippen LogP contribution in [-0.2, 0) is 11.3 Å². The van der Waals surface area contributed by atoms with Crippen molar-refractivity contribution in [2.45, 2.75) is 19.6 Å². The molecule has 0 aromatic carbocycles. The van der Waals surface area contributed by atoms with Crippen LogP contribution in [0.2, 0.25) is 5.02 Å². The van der Waals surface area contributed by atoms with E-state index in [0.29, 0.717) is 52.2 Å². The molecule has 9 nitrogen and oxygen atoms in total. The van der Waals surface area contributed by atoms with Crippen LogP contribution in [-0.4, -0.2) is 51.9 Å². The zero-order valence-electron chi connectivity index (χ0n) is 16.1. The molecule has 3 aromatic heterocycles. The van der Waals surface area contributed by atoms with Gasteiger partial charge in [-0.2, -0.15) is 0 Å². The molecular weight excluding hydrogens is 428 g/mol. The van der Waals surface area contributed by atoms with E-state index in [1.807, 2.05) is 6.92 Å². The number of carbonyl (C=O) groups excluding carboxylic acids is 1. The monoisotopic (exact) mass is 446 g/mol. The SMILES string of the molecule is CC1COCCN1c1ncccc1C(=O)Nc1nnc(OCc2ccc(Cl)cn2)s1. The number of nitrogens with zero attached hydrogens (tertiary/aromatic N) is 5. The van der Waals surface area contributed by atoms with Gasteiger partial charge in [-0.1, -0.05) is 16.7 Å². The molecule has 30 heavy (non-hydrogen) atoms. The van der Waals surface area contributed by atoms with Crippen LogP contribution in [0.15, 0.2) is 36.7 Å². The highest BCUT2D eigenvalue weighted by Gasteiger charge is 2.25. The Morgan fingerprint density at radius 2 is 2.27 bits per heavy atom. The van der Waals surface area contributed by atoms with Gasteiger partial charge < -0.3 is 14.4 Å². The van der Waals surface area contributed by atoms with Crippen molar-refractivity contribution in [2.75, 3.05) is 30.0 Å². The second-order valence-corrected chi connectivity index (χ2v) is 7.95. The summed E-state index contributed by atoms with van der Waals surface area (Å²) in [5.41, 5.74) is 1.18. The Labute approximate surface area is 182 Å². The number of morpholine rings is 1. The number of pyridine rings is 2. The van der Waals surface area contributed by atoms with Crippen molar-refractivity contribution >= 4 is 39.8 Å². The first-order valence-corrected chi connectivity index (χ1v) is 10.5. The molecule has 4 heterocycles. The second kappa shape index (κ2) is 9.33. The summed E-state index contributed by atoms with van der Waals surface area (Å²) >= 11 is 6.96. The smallest absolute Gasteiger partial charge is 0.296 e. The molecule has 4 rings (SSSR count). The highest BCUT2D eigenvalue weighted by Crippen LogP contribution is 2.26. The number of halogens is 1. The van der Waals surface area contributed by atoms with Gasteiger partial charge >= 0.3 is 0 Å². The number of anilines is 2. The lowest BCUT2D eigenvalue weighted by molar-refractivity contribution is 0.0972. The maximum Gasteiger partial charge on any atom is 0.296 e. The van der Waals surface area contributed by atoms with E-state index in [-0.39, 0.29) is 18.6 Å². The molecule has 0 aliphatic carbocycles. The fourth-order valence-corrected chi connectivity index (χ4v) is 3.66. The molecular formula is C19H19ClN6O3S. The first kappa shape index (κ1) is 20.5. The second-order valence-electron chi connectivity index (χ2n) is 6.58. The molecule has 3 aromatic rings. The van der Waals surface area contributed by atoms with Crippen molar-refractivity contribution in [1.29, 1.82) is 0 Å². The van der Waals surface area contributed by atoms with Crippen LogP contribution in [0.1, 0.15) is 23.0 Å². The Morgan fingerprint density at radius 1 is 1.37 bits per heavy atom. The predicted molar refractivity (Wildman–Crippen MR) is 113 cm³/mol. The minimum absolute atomic E-state index is 0.128. The van der Waals surface area contributed by atoms with Crippen LogP contribution in [0.4, 0.5) is 10.9 Å². The van der Waals surface area contributed by atoms with E-state index in [2.05, 4.69) is 30.4 Å². The van der Waals surface area contributed by atoms with Gasteiger partial charge in [-0.3, -0.25) is 15.1 Å². The number of hydrogen-bond donors (Lipinski definition) is 1. The van der Waals surface area contributed by atoms with Crippen LogP contribution in [0.3, 0.4) is 0 Å². The van der Waals surface area contributed by atoms with Crippen molar-refractivity contribution in [1.82, 2.24) is 20.2 Å². The van der Waals surface area contributed by atoms with Crippen LogP contribution < -0.4 is 15.0 Å². The molecule has 156 valence electrons. The van der Waals surface area contributed by atoms with Gasteiger partial charge in [0.05, 0.1) is 35.5 Å². The third-order valence-corrected chi connectivity index (χ3v) is 5.40. The molecule has 1 N–H and O–H groups in total. The van der Waals surface area contributed by atoms with Crippen molar-refractivity contribution < 1.29 is 14.3 Å². The fourth-order valence-electron chi connectivity index (χ4n) is 2.96. The Morgan fingerprint density at radius 3 is 3.07 bits per heavy atom. The largest absolute Gasteiger partial charge is 0.462 e. The molecule has 1 fully saturated rings. The van der Waals surface area contributed by atoms with Crippen molar-refractivity contribution in [3.05, 3.63) is 52.9 Å². The lowest BCUT2D eigenvalue weighted by Gasteiger charge is -2.35. The molecule has 1 atom stereocenters. The van der Waals surface area contributed by atoms with Crippen molar-refractivity contribution in [3.63, 3.8) is 0 Å². The minimum atomic E-state index is -0.307. The summed E-state index contributed by atoms with van der Waals surface area (Å²) in [5.74, 6) is 0.319. The molecule has 0 bridgehead atoms. The number of aromatic nitrogens is 4. The molecule has 11 heteroatoms. The number of nitrogens with one attached hydrogen (secondary N) is 1. The Kier molecular flexibility index (Phi) is 6.36. The molecule has 0 saturated carbocycles. The summed E-state index contributed by atoms with van der Waals surface area (Å²) in [6, 6.07) is 7.10. The van der Waals surface area contributed by atoms with Crippen molar-refractivity contribution in [2.24, 2.45) is 0 Å². The van der Waals surface area contributed by atoms with Gasteiger partial charge in [-0.25, -0.2) is 4.98 Å². The molecule has 1 unspecified atom stereocenters. The van der Waals surface area contributed by atoms with E-state index in [4.69, 9.17) is 21.1 Å². The van der Waals surface area contributed by atoms with Gasteiger partial charge in [-0.05, 0) is 42.5 Å². The molecule has 0 radical (unpaired) electrons. The van der Waals surface area contributed by atoms with Gasteiger partial charge in [-0.15, -0.1) is 5.10 Å². The zero-order chi connectivity index (χ0) is 20.9. The van der Waals surface area contributed by atoms with E-state index in [9.17, 15) is 4.79 Å². The van der Waals surface area contributed by atoms with E-state index in [1.54, 1.807) is 36.7 Å². The van der Waals surface area contributed by atoms with Crippen LogP contribution in [0.25, 0.3) is 0 Å². The van der Waals surface area contributed by atoms with Crippen LogP contribution in [0, 0.1) is 0 Å². The van der Waals surface area contributed by atoms with Gasteiger partial charge in [0.15, 0.2) is 0 Å². The number of amides is 1. The van der Waals surface area contributed by atoms with Crippen LogP contribution in [0.5, 0.6) is 5.19 Å². The van der Waals surface area contributed by atoms with Crippen LogP contribution >= 0.6 is 22.9 Å². The standard InChI is InChI=1S/C19H19ClN6O3S/c1-12-10-28-8-7-26(12)16-15(3-2-6-21-16)17(27)23-18-24-25-19(30-18)29-11-14-5-4-13(20)9-22-14/h2-6,9,12H,7-8,10-11H2,1H3,(H,23,24,27). The summed E-state index contributed by atoms with van der Waals surface area (Å²) in [5, 5.41) is 11.9. The normalized spacial score (nSPS) is 16.3. The molecule has 1 saturated heterocycles. The number of ether oxygens (including phenoxy) is 2. The summed E-state index contributed by atoms with van der Waals surface area (Å²) < 4.78 is 11.1. The zero-order valence-corrected chi connectivity index (χ0v) is 17.7. The van der Waals surface area contributed by atoms with Gasteiger partial charge in [0.2, 0.25) is 5.13 Å². The molecule has 1 amide bonds.